The molecule has 0 spiro atoms. The molecule has 0 radical (unpaired) electrons. The molecule has 0 aliphatic carbocycles. The molecule has 0 aliphatic rings. The summed E-state index contributed by atoms with van der Waals surface area (Å²) >= 11 is 0. The van der Waals surface area contributed by atoms with Gasteiger partial charge in [0.25, 0.3) is 0 Å². The van der Waals surface area contributed by atoms with Gasteiger partial charge in [0.05, 0.1) is 13.2 Å². The van der Waals surface area contributed by atoms with Gasteiger partial charge in [0.2, 0.25) is 0 Å². The Morgan fingerprint density at radius 3 is 1.71 bits per heavy atom. The number of aryl methyl sites for hydroxylation is 1. The first kappa shape index (κ1) is 25.5. The van der Waals surface area contributed by atoms with Crippen LogP contribution in [0.4, 0.5) is 0 Å². The standard InChI is InChI=1S/C30H30O5/c1-20(2)29(31)34-16-6-15-33-27-11-7-23(8-12-27)25-17-22(5)18-26(19-25)24-9-13-28(14-10-24)35-30(32)21(3)4/h7-14,17-19H,1,3,6,15-16H2,2,4-5H3. The van der Waals surface area contributed by atoms with Crippen LogP contribution in [0.1, 0.15) is 25.8 Å². The topological polar surface area (TPSA) is 61.8 Å². The largest absolute Gasteiger partial charge is 0.493 e. The monoisotopic (exact) mass is 470 g/mol. The molecule has 0 amide bonds. The van der Waals surface area contributed by atoms with Crippen molar-refractivity contribution in [2.75, 3.05) is 13.2 Å². The summed E-state index contributed by atoms with van der Waals surface area (Å²) in [5, 5.41) is 0. The Morgan fingerprint density at radius 1 is 0.686 bits per heavy atom. The number of hydrogen-bond acceptors (Lipinski definition) is 5. The van der Waals surface area contributed by atoms with Crippen LogP contribution in [0.2, 0.25) is 0 Å². The van der Waals surface area contributed by atoms with Gasteiger partial charge in [-0.1, -0.05) is 49.6 Å². The molecular formula is C30H30O5. The third-order valence-electron chi connectivity index (χ3n) is 5.15. The third-order valence-corrected chi connectivity index (χ3v) is 5.15. The first-order valence-electron chi connectivity index (χ1n) is 11.4. The van der Waals surface area contributed by atoms with Crippen molar-refractivity contribution in [3.05, 3.63) is 96.6 Å². The van der Waals surface area contributed by atoms with Crippen molar-refractivity contribution in [2.45, 2.75) is 27.2 Å². The first-order valence-corrected chi connectivity index (χ1v) is 11.4. The summed E-state index contributed by atoms with van der Waals surface area (Å²) < 4.78 is 16.1. The van der Waals surface area contributed by atoms with Gasteiger partial charge in [-0.2, -0.15) is 0 Å². The molecule has 5 nitrogen and oxygen atoms in total. The number of carbonyl (C=O) groups excluding carboxylic acids is 2. The summed E-state index contributed by atoms with van der Waals surface area (Å²) in [7, 11) is 0. The average Bonchev–Trinajstić information content (AvgIpc) is 2.84. The fraction of sp³-hybridized carbons (Fsp3) is 0.200. The first-order chi connectivity index (χ1) is 16.7. The van der Waals surface area contributed by atoms with Crippen molar-refractivity contribution in [3.63, 3.8) is 0 Å². The summed E-state index contributed by atoms with van der Waals surface area (Å²) in [5.74, 6) is 0.426. The smallest absolute Gasteiger partial charge is 0.338 e. The predicted octanol–water partition coefficient (Wildman–Crippen LogP) is 6.70. The van der Waals surface area contributed by atoms with Crippen LogP contribution in [0.15, 0.2) is 91.0 Å². The van der Waals surface area contributed by atoms with Gasteiger partial charge in [0.15, 0.2) is 0 Å². The van der Waals surface area contributed by atoms with Gasteiger partial charge in [0, 0.05) is 17.6 Å². The molecule has 3 aromatic carbocycles. The van der Waals surface area contributed by atoms with Gasteiger partial charge in [-0.3, -0.25) is 0 Å². The number of hydrogen-bond donors (Lipinski definition) is 0. The van der Waals surface area contributed by atoms with Crippen LogP contribution in [-0.4, -0.2) is 25.2 Å². The van der Waals surface area contributed by atoms with Crippen molar-refractivity contribution in [2.24, 2.45) is 0 Å². The van der Waals surface area contributed by atoms with E-state index in [-0.39, 0.29) is 5.97 Å². The predicted molar refractivity (Wildman–Crippen MR) is 138 cm³/mol. The Balaban J connectivity index is 1.64. The highest BCUT2D eigenvalue weighted by atomic mass is 16.5. The molecule has 0 bridgehead atoms. The maximum atomic E-state index is 11.7. The lowest BCUT2D eigenvalue weighted by Crippen LogP contribution is -2.09. The molecule has 0 fully saturated rings. The minimum atomic E-state index is -0.436. The number of ether oxygens (including phenoxy) is 3. The molecule has 3 aromatic rings. The minimum absolute atomic E-state index is 0.299. The fourth-order valence-electron chi connectivity index (χ4n) is 3.31. The third kappa shape index (κ3) is 7.44. The van der Waals surface area contributed by atoms with Crippen molar-refractivity contribution < 1.29 is 23.8 Å². The number of esters is 2. The minimum Gasteiger partial charge on any atom is -0.493 e. The average molecular weight is 471 g/mol. The Hall–Kier alpha value is -4.12. The Bertz CT molecular complexity index is 1220. The van der Waals surface area contributed by atoms with E-state index in [2.05, 4.69) is 38.3 Å². The molecule has 35 heavy (non-hydrogen) atoms. The van der Waals surface area contributed by atoms with E-state index in [1.807, 2.05) is 36.4 Å². The molecular weight excluding hydrogens is 440 g/mol. The zero-order valence-electron chi connectivity index (χ0n) is 20.4. The summed E-state index contributed by atoms with van der Waals surface area (Å²) in [4.78, 5) is 23.1. The summed E-state index contributed by atoms with van der Waals surface area (Å²) in [6, 6.07) is 21.7. The molecule has 0 unspecified atom stereocenters. The summed E-state index contributed by atoms with van der Waals surface area (Å²) in [6.45, 7) is 13.2. The molecule has 0 saturated heterocycles. The zero-order valence-corrected chi connectivity index (χ0v) is 20.4. The van der Waals surface area contributed by atoms with Crippen LogP contribution in [0.25, 0.3) is 22.3 Å². The molecule has 3 rings (SSSR count). The van der Waals surface area contributed by atoms with Crippen LogP contribution in [0.3, 0.4) is 0 Å². The highest BCUT2D eigenvalue weighted by molar-refractivity contribution is 5.89. The van der Waals surface area contributed by atoms with Crippen molar-refractivity contribution in [1.29, 1.82) is 0 Å². The van der Waals surface area contributed by atoms with Gasteiger partial charge in [-0.15, -0.1) is 0 Å². The molecule has 0 atom stereocenters. The second kappa shape index (κ2) is 11.8. The number of carbonyl (C=O) groups is 2. The van der Waals surface area contributed by atoms with E-state index in [4.69, 9.17) is 14.2 Å². The van der Waals surface area contributed by atoms with Crippen molar-refractivity contribution in [1.82, 2.24) is 0 Å². The van der Waals surface area contributed by atoms with E-state index in [0.29, 0.717) is 36.5 Å². The molecule has 0 heterocycles. The molecule has 0 saturated carbocycles. The highest BCUT2D eigenvalue weighted by Gasteiger charge is 2.08. The fourth-order valence-corrected chi connectivity index (χ4v) is 3.31. The van der Waals surface area contributed by atoms with Gasteiger partial charge >= 0.3 is 11.9 Å². The second-order valence-electron chi connectivity index (χ2n) is 8.42. The van der Waals surface area contributed by atoms with Gasteiger partial charge in [-0.25, -0.2) is 9.59 Å². The summed E-state index contributed by atoms with van der Waals surface area (Å²) in [6.07, 6.45) is 0.604. The number of benzene rings is 3. The van der Waals surface area contributed by atoms with Crippen LogP contribution >= 0.6 is 0 Å². The molecule has 0 N–H and O–H groups in total. The van der Waals surface area contributed by atoms with Gasteiger partial charge < -0.3 is 14.2 Å². The molecule has 180 valence electrons. The van der Waals surface area contributed by atoms with E-state index < -0.39 is 5.97 Å². The van der Waals surface area contributed by atoms with E-state index in [9.17, 15) is 9.59 Å². The SMILES string of the molecule is C=C(C)C(=O)OCCCOc1ccc(-c2cc(C)cc(-c3ccc(OC(=O)C(=C)C)cc3)c2)cc1. The maximum absolute atomic E-state index is 11.7. The highest BCUT2D eigenvalue weighted by Crippen LogP contribution is 2.30. The van der Waals surface area contributed by atoms with E-state index in [1.165, 1.54) is 0 Å². The van der Waals surface area contributed by atoms with Crippen LogP contribution in [0.5, 0.6) is 11.5 Å². The Morgan fingerprint density at radius 2 is 1.20 bits per heavy atom. The van der Waals surface area contributed by atoms with E-state index in [1.54, 1.807) is 26.0 Å². The molecule has 5 heteroatoms. The molecule has 0 aromatic heterocycles. The van der Waals surface area contributed by atoms with E-state index >= 15 is 0 Å². The van der Waals surface area contributed by atoms with E-state index in [0.717, 1.165) is 33.6 Å². The maximum Gasteiger partial charge on any atom is 0.338 e. The van der Waals surface area contributed by atoms with Gasteiger partial charge in [-0.05, 0) is 78.9 Å². The Labute approximate surface area is 206 Å². The lowest BCUT2D eigenvalue weighted by atomic mass is 9.96. The van der Waals surface area contributed by atoms with Gasteiger partial charge in [0.1, 0.15) is 11.5 Å². The van der Waals surface area contributed by atoms with Crippen molar-refractivity contribution >= 4 is 11.9 Å². The lowest BCUT2D eigenvalue weighted by Gasteiger charge is -2.11. The second-order valence-corrected chi connectivity index (χ2v) is 8.42. The number of rotatable bonds is 10. The lowest BCUT2D eigenvalue weighted by molar-refractivity contribution is -0.139. The molecule has 0 aliphatic heterocycles. The van der Waals surface area contributed by atoms with Crippen LogP contribution in [0, 0.1) is 6.92 Å². The zero-order chi connectivity index (χ0) is 25.4. The quantitative estimate of drug-likeness (QED) is 0.143. The van der Waals surface area contributed by atoms with Crippen LogP contribution in [-0.2, 0) is 14.3 Å². The van der Waals surface area contributed by atoms with Crippen LogP contribution < -0.4 is 9.47 Å². The summed E-state index contributed by atoms with van der Waals surface area (Å²) in [5.41, 5.74) is 6.15. The Kier molecular flexibility index (Phi) is 8.63. The normalized spacial score (nSPS) is 10.4. The van der Waals surface area contributed by atoms with Crippen molar-refractivity contribution in [3.8, 4) is 33.8 Å².